The SMILES string of the molecule is CCCCCC(NCC1(C)CCOCC1)c1ccccc1. The zero-order valence-corrected chi connectivity index (χ0v) is 13.7. The van der Waals surface area contributed by atoms with Crippen molar-refractivity contribution >= 4 is 0 Å². The minimum Gasteiger partial charge on any atom is -0.381 e. The van der Waals surface area contributed by atoms with Crippen LogP contribution < -0.4 is 5.32 Å². The van der Waals surface area contributed by atoms with Crippen LogP contribution in [0.1, 0.15) is 64.0 Å². The smallest absolute Gasteiger partial charge is 0.0471 e. The van der Waals surface area contributed by atoms with E-state index in [2.05, 4.69) is 49.5 Å². The van der Waals surface area contributed by atoms with Gasteiger partial charge in [-0.15, -0.1) is 0 Å². The third-order valence-electron chi connectivity index (χ3n) is 4.77. The number of benzene rings is 1. The fourth-order valence-electron chi connectivity index (χ4n) is 3.08. The maximum atomic E-state index is 5.51. The average Bonchev–Trinajstić information content (AvgIpc) is 2.52. The molecule has 21 heavy (non-hydrogen) atoms. The van der Waals surface area contributed by atoms with Gasteiger partial charge < -0.3 is 10.1 Å². The summed E-state index contributed by atoms with van der Waals surface area (Å²) >= 11 is 0. The molecular formula is C19H31NO. The molecule has 1 aromatic carbocycles. The molecule has 0 spiro atoms. The number of rotatable bonds is 8. The van der Waals surface area contributed by atoms with Gasteiger partial charge in [0.15, 0.2) is 0 Å². The molecule has 0 amide bonds. The molecule has 2 heteroatoms. The molecule has 1 N–H and O–H groups in total. The van der Waals surface area contributed by atoms with Gasteiger partial charge in [0.2, 0.25) is 0 Å². The van der Waals surface area contributed by atoms with Crippen LogP contribution in [0.5, 0.6) is 0 Å². The van der Waals surface area contributed by atoms with Gasteiger partial charge in [-0.2, -0.15) is 0 Å². The lowest BCUT2D eigenvalue weighted by molar-refractivity contribution is 0.0227. The van der Waals surface area contributed by atoms with Gasteiger partial charge in [0.05, 0.1) is 0 Å². The van der Waals surface area contributed by atoms with Gasteiger partial charge in [0.25, 0.3) is 0 Å². The Hall–Kier alpha value is -0.860. The van der Waals surface area contributed by atoms with Crippen molar-refractivity contribution in [2.75, 3.05) is 19.8 Å². The van der Waals surface area contributed by atoms with Crippen molar-refractivity contribution in [1.82, 2.24) is 5.32 Å². The van der Waals surface area contributed by atoms with Gasteiger partial charge in [-0.05, 0) is 30.2 Å². The zero-order chi connectivity index (χ0) is 15.0. The van der Waals surface area contributed by atoms with Gasteiger partial charge in [-0.1, -0.05) is 63.4 Å². The predicted octanol–water partition coefficient (Wildman–Crippen LogP) is 4.71. The summed E-state index contributed by atoms with van der Waals surface area (Å²) in [6, 6.07) is 11.4. The number of unbranched alkanes of at least 4 members (excludes halogenated alkanes) is 2. The second-order valence-electron chi connectivity index (χ2n) is 6.76. The summed E-state index contributed by atoms with van der Waals surface area (Å²) in [7, 11) is 0. The number of ether oxygens (including phenoxy) is 1. The molecular weight excluding hydrogens is 258 g/mol. The molecule has 118 valence electrons. The van der Waals surface area contributed by atoms with E-state index in [-0.39, 0.29) is 0 Å². The number of nitrogens with one attached hydrogen (secondary N) is 1. The molecule has 0 aromatic heterocycles. The molecule has 2 rings (SSSR count). The van der Waals surface area contributed by atoms with Crippen molar-refractivity contribution in [3.05, 3.63) is 35.9 Å². The first-order valence-corrected chi connectivity index (χ1v) is 8.59. The summed E-state index contributed by atoms with van der Waals surface area (Å²) in [5.74, 6) is 0. The quantitative estimate of drug-likeness (QED) is 0.700. The Morgan fingerprint density at radius 1 is 1.14 bits per heavy atom. The first kappa shape index (κ1) is 16.5. The van der Waals surface area contributed by atoms with Crippen LogP contribution in [0.15, 0.2) is 30.3 Å². The molecule has 1 aliphatic heterocycles. The Labute approximate surface area is 130 Å². The van der Waals surface area contributed by atoms with Gasteiger partial charge >= 0.3 is 0 Å². The molecule has 2 nitrogen and oxygen atoms in total. The number of hydrogen-bond donors (Lipinski definition) is 1. The Morgan fingerprint density at radius 2 is 1.86 bits per heavy atom. The lowest BCUT2D eigenvalue weighted by atomic mass is 9.82. The molecule has 0 saturated carbocycles. The van der Waals surface area contributed by atoms with Crippen molar-refractivity contribution in [3.63, 3.8) is 0 Å². The van der Waals surface area contributed by atoms with E-state index in [4.69, 9.17) is 4.74 Å². The zero-order valence-electron chi connectivity index (χ0n) is 13.7. The molecule has 0 radical (unpaired) electrons. The first-order chi connectivity index (χ1) is 10.2. The van der Waals surface area contributed by atoms with Crippen LogP contribution in [0.4, 0.5) is 0 Å². The van der Waals surface area contributed by atoms with Gasteiger partial charge in [-0.25, -0.2) is 0 Å². The Kier molecular flexibility index (Phi) is 6.72. The minimum atomic E-state index is 0.399. The highest BCUT2D eigenvalue weighted by Crippen LogP contribution is 2.30. The highest BCUT2D eigenvalue weighted by atomic mass is 16.5. The van der Waals surface area contributed by atoms with E-state index >= 15 is 0 Å². The van der Waals surface area contributed by atoms with Crippen LogP contribution in [0, 0.1) is 5.41 Å². The molecule has 1 aromatic rings. The van der Waals surface area contributed by atoms with E-state index in [0.29, 0.717) is 11.5 Å². The molecule has 1 atom stereocenters. The van der Waals surface area contributed by atoms with Crippen molar-refractivity contribution in [2.24, 2.45) is 5.41 Å². The number of hydrogen-bond acceptors (Lipinski definition) is 2. The van der Waals surface area contributed by atoms with Crippen LogP contribution >= 0.6 is 0 Å². The lowest BCUT2D eigenvalue weighted by Gasteiger charge is -2.35. The summed E-state index contributed by atoms with van der Waals surface area (Å²) in [4.78, 5) is 0. The molecule has 0 aliphatic carbocycles. The van der Waals surface area contributed by atoms with Crippen LogP contribution in [0.25, 0.3) is 0 Å². The Balaban J connectivity index is 1.92. The van der Waals surface area contributed by atoms with Crippen molar-refractivity contribution in [2.45, 2.75) is 58.4 Å². The molecule has 1 aliphatic rings. The molecule has 1 saturated heterocycles. The normalized spacial score (nSPS) is 19.3. The fourth-order valence-corrected chi connectivity index (χ4v) is 3.08. The van der Waals surface area contributed by atoms with E-state index in [1.807, 2.05) is 0 Å². The third-order valence-corrected chi connectivity index (χ3v) is 4.77. The second kappa shape index (κ2) is 8.55. The van der Waals surface area contributed by atoms with Crippen LogP contribution in [-0.2, 0) is 4.74 Å². The van der Waals surface area contributed by atoms with Crippen LogP contribution in [-0.4, -0.2) is 19.8 Å². The van der Waals surface area contributed by atoms with Crippen molar-refractivity contribution in [3.8, 4) is 0 Å². The highest BCUT2D eigenvalue weighted by Gasteiger charge is 2.28. The third kappa shape index (κ3) is 5.44. The van der Waals surface area contributed by atoms with E-state index < -0.39 is 0 Å². The molecule has 0 bridgehead atoms. The molecule has 1 unspecified atom stereocenters. The predicted molar refractivity (Wildman–Crippen MR) is 89.5 cm³/mol. The Bertz CT molecular complexity index is 384. The maximum absolute atomic E-state index is 5.51. The van der Waals surface area contributed by atoms with E-state index in [0.717, 1.165) is 19.8 Å². The second-order valence-corrected chi connectivity index (χ2v) is 6.76. The topological polar surface area (TPSA) is 21.3 Å². The maximum Gasteiger partial charge on any atom is 0.0471 e. The summed E-state index contributed by atoms with van der Waals surface area (Å²) in [6.07, 6.45) is 7.52. The summed E-state index contributed by atoms with van der Waals surface area (Å²) in [6.45, 7) is 7.61. The lowest BCUT2D eigenvalue weighted by Crippen LogP contribution is -2.38. The van der Waals surface area contributed by atoms with E-state index in [9.17, 15) is 0 Å². The van der Waals surface area contributed by atoms with E-state index in [1.54, 1.807) is 0 Å². The Morgan fingerprint density at radius 3 is 2.52 bits per heavy atom. The van der Waals surface area contributed by atoms with E-state index in [1.165, 1.54) is 44.1 Å². The monoisotopic (exact) mass is 289 g/mol. The van der Waals surface area contributed by atoms with Crippen molar-refractivity contribution in [1.29, 1.82) is 0 Å². The van der Waals surface area contributed by atoms with Gasteiger partial charge in [0.1, 0.15) is 0 Å². The summed E-state index contributed by atoms with van der Waals surface area (Å²) in [5.41, 5.74) is 1.83. The first-order valence-electron chi connectivity index (χ1n) is 8.59. The van der Waals surface area contributed by atoms with Crippen molar-refractivity contribution < 1.29 is 4.74 Å². The average molecular weight is 289 g/mol. The van der Waals surface area contributed by atoms with Crippen LogP contribution in [0.3, 0.4) is 0 Å². The van der Waals surface area contributed by atoms with Gasteiger partial charge in [0, 0.05) is 25.8 Å². The van der Waals surface area contributed by atoms with Gasteiger partial charge in [-0.3, -0.25) is 0 Å². The summed E-state index contributed by atoms with van der Waals surface area (Å²) < 4.78 is 5.51. The summed E-state index contributed by atoms with van der Waals surface area (Å²) in [5, 5.41) is 3.85. The minimum absolute atomic E-state index is 0.399. The molecule has 1 fully saturated rings. The fraction of sp³-hybridized carbons (Fsp3) is 0.684. The van der Waals surface area contributed by atoms with Crippen LogP contribution in [0.2, 0.25) is 0 Å². The largest absolute Gasteiger partial charge is 0.381 e. The highest BCUT2D eigenvalue weighted by molar-refractivity contribution is 5.18. The standard InChI is InChI=1S/C19H31NO/c1-3-4-6-11-18(17-9-7-5-8-10-17)20-16-19(2)12-14-21-15-13-19/h5,7-10,18,20H,3-4,6,11-16H2,1-2H3. The molecule has 1 heterocycles.